The number of thiol groups is 1. The van der Waals surface area contributed by atoms with Gasteiger partial charge in [-0.15, -0.1) is 0 Å². The van der Waals surface area contributed by atoms with Gasteiger partial charge >= 0.3 is 5.97 Å². The lowest BCUT2D eigenvalue weighted by atomic mass is 10.3. The molecule has 0 aromatic carbocycles. The van der Waals surface area contributed by atoms with Crippen molar-refractivity contribution < 1.29 is 28.8 Å². The van der Waals surface area contributed by atoms with Crippen LogP contribution in [0.2, 0.25) is 0 Å². The van der Waals surface area contributed by atoms with Crippen LogP contribution in [0.25, 0.3) is 0 Å². The number of ether oxygens (including phenoxy) is 4. The van der Waals surface area contributed by atoms with E-state index in [4.69, 9.17) is 24.1 Å². The zero-order chi connectivity index (χ0) is 14.9. The number of carboxylic acid groups (broad SMARTS) is 1. The summed E-state index contributed by atoms with van der Waals surface area (Å²) in [6, 6.07) is 0. The SMILES string of the molecule is O=C(O)COCCOCCOCCOCCCCCS. The van der Waals surface area contributed by atoms with Crippen molar-refractivity contribution in [3.05, 3.63) is 0 Å². The van der Waals surface area contributed by atoms with Gasteiger partial charge in [0, 0.05) is 6.61 Å². The van der Waals surface area contributed by atoms with Crippen molar-refractivity contribution in [1.82, 2.24) is 0 Å². The molecule has 0 aliphatic carbocycles. The Morgan fingerprint density at radius 3 is 1.75 bits per heavy atom. The minimum absolute atomic E-state index is 0.279. The number of hydrogen-bond acceptors (Lipinski definition) is 6. The van der Waals surface area contributed by atoms with Crippen molar-refractivity contribution in [3.8, 4) is 0 Å². The molecule has 6 nitrogen and oxygen atoms in total. The van der Waals surface area contributed by atoms with Gasteiger partial charge in [0.15, 0.2) is 0 Å². The summed E-state index contributed by atoms with van der Waals surface area (Å²) in [5, 5.41) is 8.32. The summed E-state index contributed by atoms with van der Waals surface area (Å²) in [6.07, 6.45) is 3.36. The Hall–Kier alpha value is -0.340. The van der Waals surface area contributed by atoms with E-state index in [0.717, 1.165) is 31.6 Å². The third kappa shape index (κ3) is 17.7. The first-order valence-electron chi connectivity index (χ1n) is 6.91. The topological polar surface area (TPSA) is 74.2 Å². The highest BCUT2D eigenvalue weighted by Gasteiger charge is 1.96. The Balaban J connectivity index is 2.94. The van der Waals surface area contributed by atoms with Gasteiger partial charge in [0.1, 0.15) is 6.61 Å². The third-order valence-corrected chi connectivity index (χ3v) is 2.60. The molecule has 20 heavy (non-hydrogen) atoms. The number of aliphatic carboxylic acids is 1. The maximum Gasteiger partial charge on any atom is 0.329 e. The monoisotopic (exact) mass is 310 g/mol. The maximum atomic E-state index is 10.1. The molecule has 0 rings (SSSR count). The molecule has 0 aromatic rings. The Labute approximate surface area is 126 Å². The molecule has 0 aliphatic rings. The lowest BCUT2D eigenvalue weighted by Crippen LogP contribution is -2.14. The van der Waals surface area contributed by atoms with Gasteiger partial charge < -0.3 is 24.1 Å². The summed E-state index contributed by atoms with van der Waals surface area (Å²) in [7, 11) is 0. The van der Waals surface area contributed by atoms with Crippen LogP contribution in [0.15, 0.2) is 0 Å². The molecule has 7 heteroatoms. The highest BCUT2D eigenvalue weighted by molar-refractivity contribution is 7.80. The second-order valence-electron chi connectivity index (χ2n) is 4.07. The third-order valence-electron chi connectivity index (χ3n) is 2.29. The van der Waals surface area contributed by atoms with E-state index in [1.165, 1.54) is 0 Å². The van der Waals surface area contributed by atoms with Gasteiger partial charge in [0.05, 0.1) is 39.6 Å². The van der Waals surface area contributed by atoms with Gasteiger partial charge in [0.2, 0.25) is 0 Å². The zero-order valence-corrected chi connectivity index (χ0v) is 12.8. The molecule has 0 fully saturated rings. The second-order valence-corrected chi connectivity index (χ2v) is 4.51. The summed E-state index contributed by atoms with van der Waals surface area (Å²) < 4.78 is 20.7. The van der Waals surface area contributed by atoms with Crippen LogP contribution in [0.4, 0.5) is 0 Å². The molecule has 0 heterocycles. The first-order valence-corrected chi connectivity index (χ1v) is 7.54. The summed E-state index contributed by atoms with van der Waals surface area (Å²) in [5.74, 6) is -0.0382. The molecule has 0 bridgehead atoms. The normalized spacial score (nSPS) is 10.8. The van der Waals surface area contributed by atoms with Crippen LogP contribution < -0.4 is 0 Å². The van der Waals surface area contributed by atoms with Crippen molar-refractivity contribution in [2.45, 2.75) is 19.3 Å². The quantitative estimate of drug-likeness (QED) is 0.330. The molecule has 0 amide bonds. The van der Waals surface area contributed by atoms with Gasteiger partial charge in [-0.25, -0.2) is 4.79 Å². The smallest absolute Gasteiger partial charge is 0.329 e. The molecule has 1 N–H and O–H groups in total. The van der Waals surface area contributed by atoms with Crippen molar-refractivity contribution in [2.24, 2.45) is 0 Å². The molecule has 0 aromatic heterocycles. The van der Waals surface area contributed by atoms with Crippen LogP contribution in [0.5, 0.6) is 0 Å². The molecule has 0 atom stereocenters. The predicted octanol–water partition coefficient (Wildman–Crippen LogP) is 1.24. The van der Waals surface area contributed by atoms with E-state index in [1.807, 2.05) is 0 Å². The minimum Gasteiger partial charge on any atom is -0.480 e. The standard InChI is InChI=1S/C13H26O6S/c14-13(15)12-19-10-9-18-8-7-17-6-5-16-4-2-1-3-11-20/h20H,1-12H2,(H,14,15). The Morgan fingerprint density at radius 2 is 1.25 bits per heavy atom. The number of unbranched alkanes of at least 4 members (excludes halogenated alkanes) is 2. The molecule has 0 aliphatic heterocycles. The predicted molar refractivity (Wildman–Crippen MR) is 78.6 cm³/mol. The number of carboxylic acids is 1. The van der Waals surface area contributed by atoms with Gasteiger partial charge in [-0.05, 0) is 18.6 Å². The number of hydrogen-bond donors (Lipinski definition) is 2. The van der Waals surface area contributed by atoms with Crippen LogP contribution in [-0.2, 0) is 23.7 Å². The average molecular weight is 310 g/mol. The summed E-state index contributed by atoms with van der Waals surface area (Å²) in [5.41, 5.74) is 0. The van der Waals surface area contributed by atoms with Gasteiger partial charge in [-0.1, -0.05) is 6.42 Å². The van der Waals surface area contributed by atoms with Crippen molar-refractivity contribution in [2.75, 3.05) is 58.6 Å². The fraction of sp³-hybridized carbons (Fsp3) is 0.923. The summed E-state index contributed by atoms with van der Waals surface area (Å²) in [4.78, 5) is 10.1. The zero-order valence-electron chi connectivity index (χ0n) is 11.9. The molecule has 0 saturated carbocycles. The van der Waals surface area contributed by atoms with Crippen molar-refractivity contribution >= 4 is 18.6 Å². The lowest BCUT2D eigenvalue weighted by molar-refractivity contribution is -0.142. The first-order chi connectivity index (χ1) is 9.77. The molecule has 0 spiro atoms. The number of rotatable bonds is 16. The van der Waals surface area contributed by atoms with Crippen molar-refractivity contribution in [1.29, 1.82) is 0 Å². The Kier molecular flexibility index (Phi) is 16.4. The minimum atomic E-state index is -0.973. The first kappa shape index (κ1) is 19.7. The van der Waals surface area contributed by atoms with E-state index >= 15 is 0 Å². The van der Waals surface area contributed by atoms with Gasteiger partial charge in [-0.3, -0.25) is 0 Å². The Bertz CT molecular complexity index is 215. The lowest BCUT2D eigenvalue weighted by Gasteiger charge is -2.06. The second kappa shape index (κ2) is 16.7. The molecule has 0 radical (unpaired) electrons. The van der Waals surface area contributed by atoms with E-state index in [2.05, 4.69) is 12.6 Å². The summed E-state index contributed by atoms with van der Waals surface area (Å²) >= 11 is 4.14. The highest BCUT2D eigenvalue weighted by Crippen LogP contribution is 1.96. The van der Waals surface area contributed by atoms with Crippen LogP contribution in [0, 0.1) is 0 Å². The fourth-order valence-corrected chi connectivity index (χ4v) is 1.54. The van der Waals surface area contributed by atoms with E-state index < -0.39 is 5.97 Å². The van der Waals surface area contributed by atoms with Crippen LogP contribution in [0.3, 0.4) is 0 Å². The average Bonchev–Trinajstić information content (AvgIpc) is 2.43. The molecular formula is C13H26O6S. The number of carbonyl (C=O) groups is 1. The molecule has 0 saturated heterocycles. The van der Waals surface area contributed by atoms with Crippen LogP contribution in [-0.4, -0.2) is 69.7 Å². The Morgan fingerprint density at radius 1 is 0.750 bits per heavy atom. The fourth-order valence-electron chi connectivity index (χ4n) is 1.31. The molecule has 0 unspecified atom stereocenters. The summed E-state index contributed by atoms with van der Waals surface area (Å²) in [6.45, 7) is 3.27. The van der Waals surface area contributed by atoms with Gasteiger partial charge in [0.25, 0.3) is 0 Å². The van der Waals surface area contributed by atoms with E-state index in [1.54, 1.807) is 0 Å². The van der Waals surface area contributed by atoms with Gasteiger partial charge in [-0.2, -0.15) is 12.6 Å². The van der Waals surface area contributed by atoms with E-state index in [-0.39, 0.29) is 13.2 Å². The molecular weight excluding hydrogens is 284 g/mol. The molecule has 120 valence electrons. The maximum absolute atomic E-state index is 10.1. The van der Waals surface area contributed by atoms with Crippen LogP contribution >= 0.6 is 12.6 Å². The largest absolute Gasteiger partial charge is 0.480 e. The highest BCUT2D eigenvalue weighted by atomic mass is 32.1. The van der Waals surface area contributed by atoms with E-state index in [9.17, 15) is 4.79 Å². The van der Waals surface area contributed by atoms with Crippen LogP contribution in [0.1, 0.15) is 19.3 Å². The van der Waals surface area contributed by atoms with Crippen molar-refractivity contribution in [3.63, 3.8) is 0 Å². The van der Waals surface area contributed by atoms with E-state index in [0.29, 0.717) is 33.0 Å².